The summed E-state index contributed by atoms with van der Waals surface area (Å²) < 4.78 is 41.3. The quantitative estimate of drug-likeness (QED) is 0.294. The molecular formula is C25H18ClFN2O6S. The Bertz CT molecular complexity index is 1520. The van der Waals surface area contributed by atoms with Crippen molar-refractivity contribution in [2.45, 2.75) is 17.9 Å². The van der Waals surface area contributed by atoms with E-state index in [9.17, 15) is 32.3 Å². The SMILES string of the molecule is CC(=O)NS(=O)(=O)c1ccc(N2C(=O)C(=O)C(=C(O)c3ccc(Cl)cc3)[C@H]2c2ccccc2F)cc1. The fourth-order valence-corrected chi connectivity index (χ4v) is 5.00. The fraction of sp³-hybridized carbons (Fsp3) is 0.0800. The van der Waals surface area contributed by atoms with Gasteiger partial charge in [0.15, 0.2) is 0 Å². The van der Waals surface area contributed by atoms with E-state index in [2.05, 4.69) is 0 Å². The lowest BCUT2D eigenvalue weighted by atomic mass is 9.94. The van der Waals surface area contributed by atoms with E-state index in [-0.39, 0.29) is 27.3 Å². The van der Waals surface area contributed by atoms with Crippen molar-refractivity contribution >= 4 is 50.7 Å². The van der Waals surface area contributed by atoms with E-state index < -0.39 is 45.2 Å². The molecule has 4 rings (SSSR count). The van der Waals surface area contributed by atoms with Gasteiger partial charge in [-0.15, -0.1) is 0 Å². The number of nitrogens with zero attached hydrogens (tertiary/aromatic N) is 1. The Morgan fingerprint density at radius 3 is 2.19 bits per heavy atom. The number of carbonyl (C=O) groups excluding carboxylic acids is 3. The van der Waals surface area contributed by atoms with E-state index in [1.165, 1.54) is 54.6 Å². The lowest BCUT2D eigenvalue weighted by Gasteiger charge is -2.26. The summed E-state index contributed by atoms with van der Waals surface area (Å²) in [5.74, 6) is -4.12. The van der Waals surface area contributed by atoms with E-state index in [1.807, 2.05) is 4.72 Å². The zero-order valence-corrected chi connectivity index (χ0v) is 20.2. The molecule has 36 heavy (non-hydrogen) atoms. The molecule has 0 bridgehead atoms. The third-order valence-electron chi connectivity index (χ3n) is 5.47. The lowest BCUT2D eigenvalue weighted by Crippen LogP contribution is -2.30. The molecule has 3 aromatic carbocycles. The zero-order valence-electron chi connectivity index (χ0n) is 18.6. The number of amides is 2. The Morgan fingerprint density at radius 2 is 1.61 bits per heavy atom. The molecule has 1 saturated heterocycles. The highest BCUT2D eigenvalue weighted by atomic mass is 35.5. The molecular weight excluding hydrogens is 511 g/mol. The van der Waals surface area contributed by atoms with Gasteiger partial charge in [0.2, 0.25) is 5.91 Å². The van der Waals surface area contributed by atoms with E-state index >= 15 is 0 Å². The molecule has 184 valence electrons. The summed E-state index contributed by atoms with van der Waals surface area (Å²) >= 11 is 5.91. The highest BCUT2D eigenvalue weighted by Gasteiger charge is 2.47. The van der Waals surface area contributed by atoms with Crippen LogP contribution in [0, 0.1) is 5.82 Å². The number of hydrogen-bond acceptors (Lipinski definition) is 6. The van der Waals surface area contributed by atoms with Gasteiger partial charge in [-0.25, -0.2) is 17.5 Å². The molecule has 0 saturated carbocycles. The van der Waals surface area contributed by atoms with Crippen LogP contribution in [0.4, 0.5) is 10.1 Å². The van der Waals surface area contributed by atoms with Gasteiger partial charge in [-0.2, -0.15) is 0 Å². The number of aliphatic hydroxyl groups is 1. The number of Topliss-reactive ketones (excluding diaryl/α,β-unsaturated/α-hetero) is 1. The first kappa shape index (κ1) is 25.1. The summed E-state index contributed by atoms with van der Waals surface area (Å²) in [6.07, 6.45) is 0. The Labute approximate surface area is 210 Å². The number of benzene rings is 3. The number of rotatable bonds is 5. The van der Waals surface area contributed by atoms with E-state index in [0.717, 1.165) is 30.0 Å². The number of hydrogen-bond donors (Lipinski definition) is 2. The maximum atomic E-state index is 14.9. The van der Waals surface area contributed by atoms with Crippen LogP contribution in [0.1, 0.15) is 24.1 Å². The Hall–Kier alpha value is -4.02. The number of sulfonamides is 1. The van der Waals surface area contributed by atoms with Crippen molar-refractivity contribution in [2.24, 2.45) is 0 Å². The minimum absolute atomic E-state index is 0.0536. The van der Waals surface area contributed by atoms with Crippen molar-refractivity contribution in [3.63, 3.8) is 0 Å². The van der Waals surface area contributed by atoms with Crippen LogP contribution in [0.5, 0.6) is 0 Å². The standard InChI is InChI=1S/C25H18ClFN2O6S/c1-14(30)28-36(34,35)18-12-10-17(11-13-18)29-22(19-4-2-3-5-20(19)27)21(24(32)25(29)33)23(31)15-6-8-16(26)9-7-15/h2-13,22,31H,1H3,(H,28,30)/t22-/m1/s1. The van der Waals surface area contributed by atoms with Gasteiger partial charge < -0.3 is 5.11 Å². The van der Waals surface area contributed by atoms with Crippen LogP contribution in [0.3, 0.4) is 0 Å². The van der Waals surface area contributed by atoms with E-state index in [1.54, 1.807) is 0 Å². The number of halogens is 2. The molecule has 1 heterocycles. The molecule has 0 unspecified atom stereocenters. The Kier molecular flexibility index (Phi) is 6.66. The van der Waals surface area contributed by atoms with Crippen LogP contribution in [0.15, 0.2) is 83.3 Å². The highest BCUT2D eigenvalue weighted by Crippen LogP contribution is 2.43. The highest BCUT2D eigenvalue weighted by molar-refractivity contribution is 7.90. The third-order valence-corrected chi connectivity index (χ3v) is 7.17. The summed E-state index contributed by atoms with van der Waals surface area (Å²) in [4.78, 5) is 38.2. The van der Waals surface area contributed by atoms with Gasteiger partial charge in [0.05, 0.1) is 16.5 Å². The number of anilines is 1. The largest absolute Gasteiger partial charge is 0.507 e. The maximum absolute atomic E-state index is 14.9. The molecule has 0 aromatic heterocycles. The van der Waals surface area contributed by atoms with Crippen molar-refractivity contribution in [2.75, 3.05) is 4.90 Å². The lowest BCUT2D eigenvalue weighted by molar-refractivity contribution is -0.132. The third kappa shape index (κ3) is 4.60. The van der Waals surface area contributed by atoms with Crippen LogP contribution in [0.25, 0.3) is 5.76 Å². The molecule has 1 atom stereocenters. The fourth-order valence-electron chi connectivity index (χ4n) is 3.89. The molecule has 1 aliphatic rings. The van der Waals surface area contributed by atoms with Gasteiger partial charge in [0, 0.05) is 28.8 Å². The summed E-state index contributed by atoms with van der Waals surface area (Å²) in [6.45, 7) is 1.04. The number of aliphatic hydroxyl groups excluding tert-OH is 1. The average Bonchev–Trinajstić information content (AvgIpc) is 3.09. The van der Waals surface area contributed by atoms with Gasteiger partial charge in [0.25, 0.3) is 21.7 Å². The van der Waals surface area contributed by atoms with Crippen molar-refractivity contribution in [1.29, 1.82) is 0 Å². The summed E-state index contributed by atoms with van der Waals surface area (Å²) in [5, 5.41) is 11.4. The van der Waals surface area contributed by atoms with Gasteiger partial charge in [-0.05, 0) is 54.6 Å². The minimum Gasteiger partial charge on any atom is -0.507 e. The van der Waals surface area contributed by atoms with Crippen molar-refractivity contribution < 1.29 is 32.3 Å². The summed E-state index contributed by atoms with van der Waals surface area (Å²) in [6, 6.07) is 14.8. The topological polar surface area (TPSA) is 121 Å². The Balaban J connectivity index is 1.88. The second-order valence-electron chi connectivity index (χ2n) is 7.85. The predicted molar refractivity (Wildman–Crippen MR) is 130 cm³/mol. The maximum Gasteiger partial charge on any atom is 0.300 e. The first-order chi connectivity index (χ1) is 17.0. The first-order valence-corrected chi connectivity index (χ1v) is 12.3. The van der Waals surface area contributed by atoms with Crippen molar-refractivity contribution in [3.05, 3.63) is 100 Å². The summed E-state index contributed by atoms with van der Waals surface area (Å²) in [5.41, 5.74) is -0.137. The number of ketones is 1. The number of carbonyl (C=O) groups is 3. The minimum atomic E-state index is -4.15. The van der Waals surface area contributed by atoms with E-state index in [0.29, 0.717) is 5.02 Å². The zero-order chi connectivity index (χ0) is 26.2. The molecule has 8 nitrogen and oxygen atoms in total. The average molecular weight is 529 g/mol. The molecule has 0 spiro atoms. The second kappa shape index (κ2) is 9.56. The van der Waals surface area contributed by atoms with Crippen LogP contribution in [0.2, 0.25) is 5.02 Å². The predicted octanol–water partition coefficient (Wildman–Crippen LogP) is 3.93. The van der Waals surface area contributed by atoms with Gasteiger partial charge in [-0.1, -0.05) is 29.8 Å². The van der Waals surface area contributed by atoms with Crippen LogP contribution in [-0.4, -0.2) is 31.1 Å². The molecule has 0 aliphatic carbocycles. The molecule has 0 radical (unpaired) electrons. The van der Waals surface area contributed by atoms with Gasteiger partial charge in [0.1, 0.15) is 11.6 Å². The molecule has 11 heteroatoms. The summed E-state index contributed by atoms with van der Waals surface area (Å²) in [7, 11) is -4.15. The molecule has 2 amide bonds. The monoisotopic (exact) mass is 528 g/mol. The second-order valence-corrected chi connectivity index (χ2v) is 9.97. The van der Waals surface area contributed by atoms with Gasteiger partial charge in [-0.3, -0.25) is 19.3 Å². The van der Waals surface area contributed by atoms with Crippen LogP contribution < -0.4 is 9.62 Å². The Morgan fingerprint density at radius 1 is 1.00 bits per heavy atom. The molecule has 1 fully saturated rings. The van der Waals surface area contributed by atoms with Crippen molar-refractivity contribution in [1.82, 2.24) is 4.72 Å². The first-order valence-electron chi connectivity index (χ1n) is 10.5. The van der Waals surface area contributed by atoms with Crippen LogP contribution in [-0.2, 0) is 24.4 Å². The van der Waals surface area contributed by atoms with Crippen LogP contribution >= 0.6 is 11.6 Å². The van der Waals surface area contributed by atoms with Crippen molar-refractivity contribution in [3.8, 4) is 0 Å². The molecule has 2 N–H and O–H groups in total. The normalized spacial score (nSPS) is 17.3. The smallest absolute Gasteiger partial charge is 0.300 e. The number of nitrogens with one attached hydrogen (secondary N) is 1. The molecule has 3 aromatic rings. The van der Waals surface area contributed by atoms with E-state index in [4.69, 9.17) is 11.6 Å². The van der Waals surface area contributed by atoms with Gasteiger partial charge >= 0.3 is 0 Å². The molecule has 1 aliphatic heterocycles.